The van der Waals surface area contributed by atoms with Crippen molar-refractivity contribution in [2.75, 3.05) is 33.7 Å². The summed E-state index contributed by atoms with van der Waals surface area (Å²) in [7, 11) is 2.97. The van der Waals surface area contributed by atoms with Gasteiger partial charge in [0, 0.05) is 12.0 Å². The van der Waals surface area contributed by atoms with Gasteiger partial charge in [-0.1, -0.05) is 0 Å². The van der Waals surface area contributed by atoms with Crippen LogP contribution in [0.15, 0.2) is 23.1 Å². The molecule has 17 heavy (non-hydrogen) atoms. The van der Waals surface area contributed by atoms with Gasteiger partial charge in [0.05, 0.1) is 19.3 Å². The number of hydrogen-bond donors (Lipinski definition) is 0. The first-order chi connectivity index (χ1) is 8.22. The fourth-order valence-corrected chi connectivity index (χ4v) is 1.79. The lowest BCUT2D eigenvalue weighted by Crippen LogP contribution is -2.07. The Bertz CT molecular complexity index is 379. The fourth-order valence-electron chi connectivity index (χ4n) is 1.27. The standard InChI is InChI=1S/C12H16O4S/c1-14-6-7-16-10-8-9(12(13)15-2)4-5-11(10)17-3/h4-5,8H,6-7H2,1-3H3. The summed E-state index contributed by atoms with van der Waals surface area (Å²) >= 11 is 1.56. The summed E-state index contributed by atoms with van der Waals surface area (Å²) in [4.78, 5) is 12.4. The van der Waals surface area contributed by atoms with Crippen LogP contribution in [-0.4, -0.2) is 39.7 Å². The highest BCUT2D eigenvalue weighted by Crippen LogP contribution is 2.28. The molecule has 94 valence electrons. The molecule has 0 radical (unpaired) electrons. The molecule has 1 aromatic rings. The molecule has 0 spiro atoms. The molecule has 0 aromatic heterocycles. The number of ether oxygens (including phenoxy) is 3. The van der Waals surface area contributed by atoms with Crippen molar-refractivity contribution < 1.29 is 19.0 Å². The minimum Gasteiger partial charge on any atom is -0.490 e. The Morgan fingerprint density at radius 2 is 2.06 bits per heavy atom. The summed E-state index contributed by atoms with van der Waals surface area (Å²) in [5.74, 6) is 0.312. The number of thioether (sulfide) groups is 1. The van der Waals surface area contributed by atoms with Crippen LogP contribution in [0, 0.1) is 0 Å². The van der Waals surface area contributed by atoms with Crippen molar-refractivity contribution in [3.8, 4) is 5.75 Å². The Morgan fingerprint density at radius 1 is 1.29 bits per heavy atom. The third-order valence-electron chi connectivity index (χ3n) is 2.13. The largest absolute Gasteiger partial charge is 0.490 e. The number of methoxy groups -OCH3 is 2. The summed E-state index contributed by atoms with van der Waals surface area (Å²) in [6.45, 7) is 0.963. The lowest BCUT2D eigenvalue weighted by molar-refractivity contribution is 0.0600. The number of hydrogen-bond acceptors (Lipinski definition) is 5. The van der Waals surface area contributed by atoms with Crippen LogP contribution in [0.5, 0.6) is 5.75 Å². The van der Waals surface area contributed by atoms with Gasteiger partial charge in [0.25, 0.3) is 0 Å². The summed E-state index contributed by atoms with van der Waals surface area (Å²) in [5, 5.41) is 0. The number of carbonyl (C=O) groups excluding carboxylic acids is 1. The van der Waals surface area contributed by atoms with Crippen LogP contribution in [0.2, 0.25) is 0 Å². The normalized spacial score (nSPS) is 10.1. The van der Waals surface area contributed by atoms with E-state index in [0.29, 0.717) is 24.5 Å². The SMILES string of the molecule is COCCOc1cc(C(=O)OC)ccc1SC. The van der Waals surface area contributed by atoms with E-state index >= 15 is 0 Å². The zero-order chi connectivity index (χ0) is 12.7. The maximum atomic E-state index is 11.4. The zero-order valence-electron chi connectivity index (χ0n) is 10.2. The van der Waals surface area contributed by atoms with E-state index in [-0.39, 0.29) is 5.97 Å². The summed E-state index contributed by atoms with van der Waals surface area (Å²) < 4.78 is 15.1. The summed E-state index contributed by atoms with van der Waals surface area (Å²) in [6, 6.07) is 5.26. The van der Waals surface area contributed by atoms with Crippen LogP contribution in [0.3, 0.4) is 0 Å². The van der Waals surface area contributed by atoms with Gasteiger partial charge in [0.15, 0.2) is 0 Å². The molecule has 5 heteroatoms. The van der Waals surface area contributed by atoms with Crippen LogP contribution >= 0.6 is 11.8 Å². The van der Waals surface area contributed by atoms with Gasteiger partial charge >= 0.3 is 5.97 Å². The predicted molar refractivity (Wildman–Crippen MR) is 66.9 cm³/mol. The lowest BCUT2D eigenvalue weighted by atomic mass is 10.2. The van der Waals surface area contributed by atoms with Crippen LogP contribution in [0.1, 0.15) is 10.4 Å². The molecular weight excluding hydrogens is 240 g/mol. The second-order valence-corrected chi connectivity index (χ2v) is 4.05. The maximum Gasteiger partial charge on any atom is 0.337 e. The molecular formula is C12H16O4S. The lowest BCUT2D eigenvalue weighted by Gasteiger charge is -2.10. The van der Waals surface area contributed by atoms with Gasteiger partial charge in [-0.05, 0) is 24.5 Å². The molecule has 0 heterocycles. The monoisotopic (exact) mass is 256 g/mol. The number of carbonyl (C=O) groups is 1. The molecule has 0 amide bonds. The minimum absolute atomic E-state index is 0.366. The van der Waals surface area contributed by atoms with E-state index in [1.54, 1.807) is 31.0 Å². The van der Waals surface area contributed by atoms with Gasteiger partial charge < -0.3 is 14.2 Å². The summed E-state index contributed by atoms with van der Waals surface area (Å²) in [6.07, 6.45) is 1.95. The molecule has 0 aliphatic rings. The molecule has 0 saturated carbocycles. The fraction of sp³-hybridized carbons (Fsp3) is 0.417. The molecule has 4 nitrogen and oxygen atoms in total. The van der Waals surface area contributed by atoms with Gasteiger partial charge in [-0.25, -0.2) is 4.79 Å². The molecule has 0 atom stereocenters. The van der Waals surface area contributed by atoms with E-state index in [4.69, 9.17) is 9.47 Å². The molecule has 0 aliphatic carbocycles. The molecule has 0 bridgehead atoms. The minimum atomic E-state index is -0.366. The maximum absolute atomic E-state index is 11.4. The highest BCUT2D eigenvalue weighted by atomic mass is 32.2. The predicted octanol–water partition coefficient (Wildman–Crippen LogP) is 2.22. The van der Waals surface area contributed by atoms with E-state index in [0.717, 1.165) is 4.90 Å². The smallest absolute Gasteiger partial charge is 0.337 e. The van der Waals surface area contributed by atoms with Gasteiger partial charge in [0.2, 0.25) is 0 Å². The van der Waals surface area contributed by atoms with Gasteiger partial charge in [-0.2, -0.15) is 0 Å². The van der Waals surface area contributed by atoms with Crippen LogP contribution in [0.25, 0.3) is 0 Å². The van der Waals surface area contributed by atoms with E-state index < -0.39 is 0 Å². The molecule has 1 aromatic carbocycles. The van der Waals surface area contributed by atoms with Crippen molar-refractivity contribution in [1.82, 2.24) is 0 Å². The Labute approximate surface area is 105 Å². The third kappa shape index (κ3) is 3.94. The van der Waals surface area contributed by atoms with Crippen LogP contribution in [0.4, 0.5) is 0 Å². The van der Waals surface area contributed by atoms with Crippen LogP contribution in [-0.2, 0) is 9.47 Å². The van der Waals surface area contributed by atoms with Crippen molar-refractivity contribution in [3.05, 3.63) is 23.8 Å². The van der Waals surface area contributed by atoms with E-state index in [1.807, 2.05) is 12.3 Å². The number of esters is 1. The third-order valence-corrected chi connectivity index (χ3v) is 2.91. The Morgan fingerprint density at radius 3 is 2.65 bits per heavy atom. The van der Waals surface area contributed by atoms with Crippen molar-refractivity contribution in [2.24, 2.45) is 0 Å². The highest BCUT2D eigenvalue weighted by Gasteiger charge is 2.10. The number of benzene rings is 1. The first-order valence-corrected chi connectivity index (χ1v) is 6.33. The van der Waals surface area contributed by atoms with Gasteiger partial charge in [-0.3, -0.25) is 0 Å². The molecule has 1 rings (SSSR count). The van der Waals surface area contributed by atoms with E-state index in [2.05, 4.69) is 4.74 Å². The van der Waals surface area contributed by atoms with Crippen LogP contribution < -0.4 is 4.74 Å². The van der Waals surface area contributed by atoms with Gasteiger partial charge in [-0.15, -0.1) is 11.8 Å². The Balaban J connectivity index is 2.86. The van der Waals surface area contributed by atoms with E-state index in [9.17, 15) is 4.79 Å². The first kappa shape index (κ1) is 13.9. The van der Waals surface area contributed by atoms with Crippen molar-refractivity contribution in [3.63, 3.8) is 0 Å². The Hall–Kier alpha value is -1.20. The van der Waals surface area contributed by atoms with E-state index in [1.165, 1.54) is 7.11 Å². The topological polar surface area (TPSA) is 44.8 Å². The van der Waals surface area contributed by atoms with Crippen molar-refractivity contribution in [2.45, 2.75) is 4.90 Å². The van der Waals surface area contributed by atoms with Crippen molar-refractivity contribution in [1.29, 1.82) is 0 Å². The second-order valence-electron chi connectivity index (χ2n) is 3.20. The average molecular weight is 256 g/mol. The quantitative estimate of drug-likeness (QED) is 0.443. The van der Waals surface area contributed by atoms with Crippen molar-refractivity contribution >= 4 is 17.7 Å². The molecule has 0 saturated heterocycles. The molecule has 0 fully saturated rings. The average Bonchev–Trinajstić information content (AvgIpc) is 2.38. The molecule has 0 aliphatic heterocycles. The zero-order valence-corrected chi connectivity index (χ0v) is 11.0. The second kappa shape index (κ2) is 7.19. The first-order valence-electron chi connectivity index (χ1n) is 5.11. The number of rotatable bonds is 6. The van der Waals surface area contributed by atoms with Gasteiger partial charge in [0.1, 0.15) is 12.4 Å². The highest BCUT2D eigenvalue weighted by molar-refractivity contribution is 7.98. The molecule has 0 unspecified atom stereocenters. The summed E-state index contributed by atoms with van der Waals surface area (Å²) in [5.41, 5.74) is 0.484. The molecule has 0 N–H and O–H groups in total. The Kier molecular flexibility index (Phi) is 5.86.